The van der Waals surface area contributed by atoms with Crippen LogP contribution in [-0.2, 0) is 26.8 Å². The Hall–Kier alpha value is -1.80. The lowest BCUT2D eigenvalue weighted by atomic mass is 10.1. The minimum atomic E-state index is -3.28. The van der Waals surface area contributed by atoms with Crippen molar-refractivity contribution in [1.82, 2.24) is 4.90 Å². The van der Waals surface area contributed by atoms with E-state index in [0.717, 1.165) is 15.8 Å². The summed E-state index contributed by atoms with van der Waals surface area (Å²) in [6.45, 7) is 0.938. The second kappa shape index (κ2) is 9.13. The van der Waals surface area contributed by atoms with Crippen molar-refractivity contribution in [2.24, 2.45) is 0 Å². The van der Waals surface area contributed by atoms with Crippen LogP contribution in [0.4, 0.5) is 0 Å². The molecule has 1 aliphatic heterocycles. The summed E-state index contributed by atoms with van der Waals surface area (Å²) < 4.78 is 36.6. The van der Waals surface area contributed by atoms with E-state index in [4.69, 9.17) is 9.15 Å². The largest absolute Gasteiger partial charge is 0.496 e. The predicted molar refractivity (Wildman–Crippen MR) is 110 cm³/mol. The van der Waals surface area contributed by atoms with Crippen molar-refractivity contribution in [1.29, 1.82) is 0 Å². The molecule has 0 spiro atoms. The number of hydrogen-bond acceptors (Lipinski definition) is 5. The summed E-state index contributed by atoms with van der Waals surface area (Å²) >= 11 is 3.44. The molecule has 3 rings (SSSR count). The van der Waals surface area contributed by atoms with Crippen LogP contribution in [-0.4, -0.2) is 44.7 Å². The third-order valence-electron chi connectivity index (χ3n) is 5.08. The van der Waals surface area contributed by atoms with Crippen LogP contribution in [0.2, 0.25) is 0 Å². The van der Waals surface area contributed by atoms with Crippen molar-refractivity contribution < 1.29 is 22.4 Å². The van der Waals surface area contributed by atoms with Crippen LogP contribution in [0, 0.1) is 0 Å². The topological polar surface area (TPSA) is 76.8 Å². The second-order valence-corrected chi connectivity index (χ2v) is 10.1. The van der Waals surface area contributed by atoms with Gasteiger partial charge in [0.25, 0.3) is 0 Å². The first kappa shape index (κ1) is 20.9. The Kier molecular flexibility index (Phi) is 6.82. The van der Waals surface area contributed by atoms with E-state index in [0.29, 0.717) is 44.5 Å². The summed E-state index contributed by atoms with van der Waals surface area (Å²) in [5.74, 6) is 1.19. The van der Waals surface area contributed by atoms with Gasteiger partial charge in [0.1, 0.15) is 17.3 Å². The van der Waals surface area contributed by atoms with Gasteiger partial charge in [-0.2, -0.15) is 0 Å². The number of halogens is 1. The molecule has 1 aromatic carbocycles. The first-order chi connectivity index (χ1) is 13.4. The molecule has 152 valence electrons. The number of benzene rings is 1. The summed E-state index contributed by atoms with van der Waals surface area (Å²) in [6, 6.07) is 9.09. The highest BCUT2D eigenvalue weighted by molar-refractivity contribution is 9.10. The van der Waals surface area contributed by atoms with E-state index in [1.54, 1.807) is 24.1 Å². The molecule has 1 aliphatic rings. The molecule has 1 aromatic heterocycles. The summed E-state index contributed by atoms with van der Waals surface area (Å²) in [6.07, 6.45) is 3.37. The van der Waals surface area contributed by atoms with Crippen molar-refractivity contribution in [3.05, 3.63) is 52.4 Å². The zero-order valence-electron chi connectivity index (χ0n) is 15.8. The number of nitrogens with zero attached hydrogens (tertiary/aromatic N) is 1. The Labute approximate surface area is 173 Å². The molecule has 28 heavy (non-hydrogen) atoms. The van der Waals surface area contributed by atoms with Gasteiger partial charge < -0.3 is 14.1 Å². The van der Waals surface area contributed by atoms with Crippen molar-refractivity contribution in [3.8, 4) is 5.75 Å². The summed E-state index contributed by atoms with van der Waals surface area (Å²) in [5.41, 5.74) is 0.973. The molecule has 2 heterocycles. The number of hydrogen-bond donors (Lipinski definition) is 0. The van der Waals surface area contributed by atoms with Crippen LogP contribution < -0.4 is 4.74 Å². The maximum absolute atomic E-state index is 12.6. The van der Waals surface area contributed by atoms with Gasteiger partial charge in [-0.3, -0.25) is 4.79 Å². The summed E-state index contributed by atoms with van der Waals surface area (Å²) in [5, 5.41) is -0.424. The fraction of sp³-hybridized carbons (Fsp3) is 0.450. The van der Waals surface area contributed by atoms with Crippen molar-refractivity contribution >= 4 is 31.7 Å². The molecular formula is C20H24BrNO5S. The molecule has 2 aromatic rings. The van der Waals surface area contributed by atoms with E-state index >= 15 is 0 Å². The fourth-order valence-electron chi connectivity index (χ4n) is 3.52. The minimum absolute atomic E-state index is 0.0453. The number of carbonyl (C=O) groups is 1. The molecule has 6 nitrogen and oxygen atoms in total. The van der Waals surface area contributed by atoms with E-state index < -0.39 is 15.1 Å². The number of sulfone groups is 1. The normalized spacial score (nSPS) is 15.6. The van der Waals surface area contributed by atoms with Gasteiger partial charge in [-0.15, -0.1) is 0 Å². The third kappa shape index (κ3) is 5.17. The summed E-state index contributed by atoms with van der Waals surface area (Å²) in [7, 11) is -1.66. The molecule has 8 heteroatoms. The van der Waals surface area contributed by atoms with E-state index in [-0.39, 0.29) is 11.7 Å². The number of carbonyl (C=O) groups excluding carboxylic acids is 1. The minimum Gasteiger partial charge on any atom is -0.496 e. The molecule has 1 amide bonds. The van der Waals surface area contributed by atoms with E-state index in [1.807, 2.05) is 18.2 Å². The second-order valence-electron chi connectivity index (χ2n) is 6.92. The lowest BCUT2D eigenvalue weighted by Gasteiger charge is -2.31. The molecule has 0 N–H and O–H groups in total. The average Bonchev–Trinajstić information content (AvgIpc) is 3.18. The highest BCUT2D eigenvalue weighted by Gasteiger charge is 2.32. The molecule has 0 atom stereocenters. The van der Waals surface area contributed by atoms with Crippen LogP contribution in [0.15, 0.2) is 45.5 Å². The van der Waals surface area contributed by atoms with Crippen LogP contribution in [0.3, 0.4) is 0 Å². The Morgan fingerprint density at radius 3 is 2.68 bits per heavy atom. The first-order valence-corrected chi connectivity index (χ1v) is 11.7. The molecular weight excluding hydrogens is 446 g/mol. The van der Waals surface area contributed by atoms with E-state index in [1.165, 1.54) is 6.26 Å². The molecule has 0 unspecified atom stereocenters. The van der Waals surface area contributed by atoms with Gasteiger partial charge in [0.05, 0.1) is 18.6 Å². The molecule has 1 fully saturated rings. The Balaban J connectivity index is 1.52. The molecule has 0 saturated carbocycles. The number of piperidine rings is 1. The van der Waals surface area contributed by atoms with Crippen LogP contribution in [0.25, 0.3) is 0 Å². The standard InChI is InChI=1S/C20H24BrNO5S/c1-26-19-6-5-16(21)13-15(19)4-7-20(23)22-10-8-18(9-11-22)28(24,25)14-17-3-2-12-27-17/h2-3,5-6,12-13,18H,4,7-11,14H2,1H3. The Bertz CT molecular complexity index is 903. The number of amides is 1. The van der Waals surface area contributed by atoms with Crippen molar-refractivity contribution in [2.75, 3.05) is 20.2 Å². The van der Waals surface area contributed by atoms with Crippen LogP contribution in [0.1, 0.15) is 30.6 Å². The Morgan fingerprint density at radius 2 is 2.04 bits per heavy atom. The molecule has 0 radical (unpaired) electrons. The zero-order chi connectivity index (χ0) is 20.1. The smallest absolute Gasteiger partial charge is 0.222 e. The van der Waals surface area contributed by atoms with Crippen molar-refractivity contribution in [2.45, 2.75) is 36.7 Å². The van der Waals surface area contributed by atoms with Gasteiger partial charge >= 0.3 is 0 Å². The monoisotopic (exact) mass is 469 g/mol. The zero-order valence-corrected chi connectivity index (χ0v) is 18.2. The van der Waals surface area contributed by atoms with Crippen LogP contribution in [0.5, 0.6) is 5.75 Å². The number of furan rings is 1. The van der Waals surface area contributed by atoms with Crippen LogP contribution >= 0.6 is 15.9 Å². The average molecular weight is 470 g/mol. The van der Waals surface area contributed by atoms with Gasteiger partial charge in [-0.1, -0.05) is 15.9 Å². The number of likely N-dealkylation sites (tertiary alicyclic amines) is 1. The van der Waals surface area contributed by atoms with E-state index in [2.05, 4.69) is 15.9 Å². The number of rotatable bonds is 7. The molecule has 0 bridgehead atoms. The highest BCUT2D eigenvalue weighted by Crippen LogP contribution is 2.26. The predicted octanol–water partition coefficient (Wildman–Crippen LogP) is 3.59. The number of ether oxygens (including phenoxy) is 1. The fourth-order valence-corrected chi connectivity index (χ4v) is 5.65. The first-order valence-electron chi connectivity index (χ1n) is 9.23. The maximum Gasteiger partial charge on any atom is 0.222 e. The highest BCUT2D eigenvalue weighted by atomic mass is 79.9. The van der Waals surface area contributed by atoms with Gasteiger partial charge in [-0.25, -0.2) is 8.42 Å². The van der Waals surface area contributed by atoms with Gasteiger partial charge in [-0.05, 0) is 55.2 Å². The van der Waals surface area contributed by atoms with E-state index in [9.17, 15) is 13.2 Å². The Morgan fingerprint density at radius 1 is 1.29 bits per heavy atom. The third-order valence-corrected chi connectivity index (χ3v) is 7.74. The van der Waals surface area contributed by atoms with Gasteiger partial charge in [0.15, 0.2) is 9.84 Å². The number of methoxy groups -OCH3 is 1. The quantitative estimate of drug-likeness (QED) is 0.618. The lowest BCUT2D eigenvalue weighted by Crippen LogP contribution is -2.42. The summed E-state index contributed by atoms with van der Waals surface area (Å²) in [4.78, 5) is 14.3. The lowest BCUT2D eigenvalue weighted by molar-refractivity contribution is -0.132. The van der Waals surface area contributed by atoms with Crippen molar-refractivity contribution in [3.63, 3.8) is 0 Å². The maximum atomic E-state index is 12.6. The SMILES string of the molecule is COc1ccc(Br)cc1CCC(=O)N1CCC(S(=O)(=O)Cc2ccco2)CC1. The molecule has 0 aliphatic carbocycles. The number of aryl methyl sites for hydroxylation is 1. The van der Waals surface area contributed by atoms with Gasteiger partial charge in [0, 0.05) is 24.0 Å². The van der Waals surface area contributed by atoms with Gasteiger partial charge in [0.2, 0.25) is 5.91 Å². The molecule has 1 saturated heterocycles.